The molecule has 0 saturated heterocycles. The highest BCUT2D eigenvalue weighted by Gasteiger charge is 2.05. The van der Waals surface area contributed by atoms with Gasteiger partial charge in [0.25, 0.3) is 0 Å². The van der Waals surface area contributed by atoms with Crippen LogP contribution in [-0.4, -0.2) is 0 Å². The van der Waals surface area contributed by atoms with Gasteiger partial charge in [-0.1, -0.05) is 25.2 Å². The average Bonchev–Trinajstić information content (AvgIpc) is 2.67. The first-order valence-electron chi connectivity index (χ1n) is 4.82. The third kappa shape index (κ3) is 2.16. The van der Waals surface area contributed by atoms with Crippen LogP contribution in [-0.2, 0) is 12.8 Å². The van der Waals surface area contributed by atoms with Crippen LogP contribution in [0.4, 0.5) is 0 Å². The van der Waals surface area contributed by atoms with Gasteiger partial charge in [0.1, 0.15) is 0 Å². The average molecular weight is 200 g/mol. The maximum absolute atomic E-state index is 2.99. The smallest absolute Gasteiger partial charge is 0.0215 e. The van der Waals surface area contributed by atoms with E-state index in [4.69, 9.17) is 0 Å². The molecule has 1 aromatic heterocycles. The number of hydrogen-bond donors (Lipinski definition) is 0. The lowest BCUT2D eigenvalue weighted by Crippen LogP contribution is -1.92. The summed E-state index contributed by atoms with van der Waals surface area (Å²) in [7, 11) is 0. The Morgan fingerprint density at radius 3 is 3.00 bits per heavy atom. The van der Waals surface area contributed by atoms with Gasteiger partial charge in [0.2, 0.25) is 0 Å². The molecule has 0 atom stereocenters. The lowest BCUT2D eigenvalue weighted by atomic mass is 10.0. The predicted octanol–water partition coefficient (Wildman–Crippen LogP) is 3.51. The lowest BCUT2D eigenvalue weighted by Gasteiger charge is -2.05. The molecule has 4 radical (unpaired) electrons. The Hall–Kier alpha value is -0.820. The van der Waals surface area contributed by atoms with Crippen molar-refractivity contribution < 1.29 is 0 Å². The van der Waals surface area contributed by atoms with Crippen molar-refractivity contribution in [1.82, 2.24) is 0 Å². The molecule has 0 nitrogen and oxygen atoms in total. The van der Waals surface area contributed by atoms with Gasteiger partial charge >= 0.3 is 0 Å². The summed E-state index contributed by atoms with van der Waals surface area (Å²) in [5.41, 5.74) is 2.80. The van der Waals surface area contributed by atoms with Gasteiger partial charge in [-0.15, -0.1) is 11.3 Å². The minimum absolute atomic E-state index is 1.03. The van der Waals surface area contributed by atoms with E-state index in [1.165, 1.54) is 16.0 Å². The molecule has 0 N–H and O–H groups in total. The van der Waals surface area contributed by atoms with Crippen LogP contribution in [0.15, 0.2) is 35.2 Å². The Labute approximate surface area is 90.0 Å². The summed E-state index contributed by atoms with van der Waals surface area (Å²) in [5.74, 6) is 0. The summed E-state index contributed by atoms with van der Waals surface area (Å²) in [5, 5.41) is 2.17. The van der Waals surface area contributed by atoms with E-state index in [0.29, 0.717) is 0 Å². The maximum Gasteiger partial charge on any atom is 0.0215 e. The second-order valence-electron chi connectivity index (χ2n) is 3.24. The van der Waals surface area contributed by atoms with Crippen molar-refractivity contribution in [1.29, 1.82) is 0 Å². The number of allylic oxidation sites excluding steroid dienone is 4. The molecule has 0 fully saturated rings. The Balaban J connectivity index is 2.10. The molecule has 1 aliphatic rings. The molecule has 0 aliphatic heterocycles. The van der Waals surface area contributed by atoms with Crippen molar-refractivity contribution in [2.45, 2.75) is 19.8 Å². The van der Waals surface area contributed by atoms with Crippen molar-refractivity contribution >= 4 is 11.3 Å². The minimum atomic E-state index is 1.03. The molecule has 0 amide bonds. The van der Waals surface area contributed by atoms with Crippen molar-refractivity contribution in [3.63, 3.8) is 0 Å². The summed E-state index contributed by atoms with van der Waals surface area (Å²) in [6.07, 6.45) is 14.1. The van der Waals surface area contributed by atoms with E-state index < -0.39 is 0 Å². The summed E-state index contributed by atoms with van der Waals surface area (Å²) in [6.45, 7) is 2.20. The second-order valence-corrected chi connectivity index (χ2v) is 4.24. The highest BCUT2D eigenvalue weighted by molar-refractivity contribution is 7.10. The molecule has 1 aliphatic carbocycles. The zero-order valence-corrected chi connectivity index (χ0v) is 9.03. The van der Waals surface area contributed by atoms with Crippen LogP contribution in [0, 0.1) is 12.8 Å². The predicted molar refractivity (Wildman–Crippen MR) is 61.1 cm³/mol. The Morgan fingerprint density at radius 2 is 2.29 bits per heavy atom. The molecular formula is C13H12S. The largest absolute Gasteiger partial charge is 0.148 e. The molecule has 1 aromatic rings. The van der Waals surface area contributed by atoms with Crippen LogP contribution in [0.25, 0.3) is 0 Å². The van der Waals surface area contributed by atoms with E-state index in [0.717, 1.165) is 12.8 Å². The molecule has 70 valence electrons. The van der Waals surface area contributed by atoms with Gasteiger partial charge < -0.3 is 0 Å². The van der Waals surface area contributed by atoms with Gasteiger partial charge in [-0.3, -0.25) is 0 Å². The van der Waals surface area contributed by atoms with Crippen molar-refractivity contribution in [2.75, 3.05) is 0 Å². The molecule has 0 spiro atoms. The van der Waals surface area contributed by atoms with Crippen molar-refractivity contribution in [2.24, 2.45) is 0 Å². The quantitative estimate of drug-likeness (QED) is 0.700. The third-order valence-electron chi connectivity index (χ3n) is 2.30. The first-order chi connectivity index (χ1) is 6.90. The summed E-state index contributed by atoms with van der Waals surface area (Å²) >= 11 is 1.84. The summed E-state index contributed by atoms with van der Waals surface area (Å²) < 4.78 is 0. The number of aryl methyl sites for hydroxylation is 1. The number of rotatable bonds is 3. The normalized spacial score (nSPS) is 15.6. The standard InChI is InChI=1S/C13H12S/c1-2-12-8-9-14-13(12)10-11-6-4-3-5-7-11/h4,6-9H,2,10H2,1H3. The molecule has 0 bridgehead atoms. The van der Waals surface area contributed by atoms with E-state index in [1.54, 1.807) is 0 Å². The molecular weight excluding hydrogens is 188 g/mol. The molecule has 1 heterocycles. The summed E-state index contributed by atoms with van der Waals surface area (Å²) in [6, 6.07) is 2.22. The Bertz CT molecular complexity index is 355. The summed E-state index contributed by atoms with van der Waals surface area (Å²) in [4.78, 5) is 1.48. The van der Waals surface area contributed by atoms with Gasteiger partial charge in [0, 0.05) is 24.1 Å². The van der Waals surface area contributed by atoms with Crippen LogP contribution in [0.3, 0.4) is 0 Å². The minimum Gasteiger partial charge on any atom is -0.148 e. The molecule has 2 rings (SSSR count). The van der Waals surface area contributed by atoms with E-state index in [9.17, 15) is 0 Å². The SMILES string of the molecule is CCc1ccsc1CC1=C[C][C]C=C1. The second kappa shape index (κ2) is 4.61. The Morgan fingerprint density at radius 1 is 1.36 bits per heavy atom. The van der Waals surface area contributed by atoms with E-state index in [2.05, 4.69) is 37.3 Å². The monoisotopic (exact) mass is 200 g/mol. The fourth-order valence-corrected chi connectivity index (χ4v) is 2.52. The first-order valence-corrected chi connectivity index (χ1v) is 5.70. The third-order valence-corrected chi connectivity index (χ3v) is 3.27. The first kappa shape index (κ1) is 9.72. The number of hydrogen-bond acceptors (Lipinski definition) is 1. The van der Waals surface area contributed by atoms with Crippen LogP contribution in [0.2, 0.25) is 0 Å². The van der Waals surface area contributed by atoms with E-state index in [-0.39, 0.29) is 0 Å². The molecule has 14 heavy (non-hydrogen) atoms. The van der Waals surface area contributed by atoms with Gasteiger partial charge in [0.05, 0.1) is 0 Å². The fraction of sp³-hybridized carbons (Fsp3) is 0.231. The van der Waals surface area contributed by atoms with Crippen molar-refractivity contribution in [3.8, 4) is 0 Å². The molecule has 0 unspecified atom stereocenters. The zero-order valence-electron chi connectivity index (χ0n) is 8.21. The van der Waals surface area contributed by atoms with Crippen LogP contribution in [0.5, 0.6) is 0 Å². The lowest BCUT2D eigenvalue weighted by molar-refractivity contribution is 1.09. The Kier molecular flexibility index (Phi) is 3.20. The number of thiophene rings is 1. The van der Waals surface area contributed by atoms with Gasteiger partial charge in [0.15, 0.2) is 0 Å². The highest BCUT2D eigenvalue weighted by Crippen LogP contribution is 2.22. The van der Waals surface area contributed by atoms with Gasteiger partial charge in [-0.05, 0) is 29.0 Å². The van der Waals surface area contributed by atoms with Crippen LogP contribution < -0.4 is 0 Å². The fourth-order valence-electron chi connectivity index (χ4n) is 1.51. The van der Waals surface area contributed by atoms with Gasteiger partial charge in [-0.2, -0.15) is 0 Å². The highest BCUT2D eigenvalue weighted by atomic mass is 32.1. The van der Waals surface area contributed by atoms with Gasteiger partial charge in [-0.25, -0.2) is 0 Å². The topological polar surface area (TPSA) is 0 Å². The van der Waals surface area contributed by atoms with E-state index >= 15 is 0 Å². The van der Waals surface area contributed by atoms with Crippen LogP contribution >= 0.6 is 11.3 Å². The van der Waals surface area contributed by atoms with Crippen molar-refractivity contribution in [3.05, 3.63) is 58.5 Å². The maximum atomic E-state index is 2.99. The molecule has 0 aromatic carbocycles. The zero-order chi connectivity index (χ0) is 9.80. The molecule has 0 saturated carbocycles. The van der Waals surface area contributed by atoms with E-state index in [1.807, 2.05) is 23.5 Å². The molecule has 1 heteroatoms. The van der Waals surface area contributed by atoms with Crippen LogP contribution in [0.1, 0.15) is 17.4 Å².